The Morgan fingerprint density at radius 1 is 0.611 bits per heavy atom. The highest BCUT2D eigenvalue weighted by atomic mass is 19.3. The van der Waals surface area contributed by atoms with Crippen LogP contribution >= 0.6 is 0 Å². The third-order valence-corrected chi connectivity index (χ3v) is 13.3. The van der Waals surface area contributed by atoms with Crippen LogP contribution in [0.4, 0.5) is 38.0 Å². The molecule has 4 amide bonds. The Morgan fingerprint density at radius 3 is 1.33 bits per heavy atom. The molecule has 4 aliphatic rings. The SMILES string of the molecule is COc1ncc(-c2cc(C)c3c(N)ncnn23)cc1C(=O)NC1CN(C(=O)C2CC(F)(F)C2)C[C@@H]1F.COc1ncc(-c2cc(C)c3c(N)ncnn23)cc1C(=O)NC1CN(C(=O)C2CC(F)(F)C2)C[C@H]1F. The van der Waals surface area contributed by atoms with Gasteiger partial charge in [0.2, 0.25) is 35.4 Å². The van der Waals surface area contributed by atoms with E-state index in [0.29, 0.717) is 45.2 Å². The van der Waals surface area contributed by atoms with Crippen LogP contribution in [0.25, 0.3) is 33.5 Å². The van der Waals surface area contributed by atoms with E-state index in [9.17, 15) is 45.5 Å². The molecule has 26 heteroatoms. The van der Waals surface area contributed by atoms with Crippen molar-refractivity contribution in [3.8, 4) is 34.3 Å². The Bertz CT molecular complexity index is 2910. The molecule has 2 aliphatic carbocycles. The minimum absolute atomic E-state index is 0.0287. The fourth-order valence-corrected chi connectivity index (χ4v) is 9.59. The first-order valence-electron chi connectivity index (χ1n) is 22.6. The Kier molecular flexibility index (Phi) is 12.8. The molecule has 2 aliphatic heterocycles. The molecule has 6 N–H and O–H groups in total. The lowest BCUT2D eigenvalue weighted by Crippen LogP contribution is -2.47. The molecule has 0 radical (unpaired) electrons. The fraction of sp³-hybridized carbons (Fsp3) is 0.435. The van der Waals surface area contributed by atoms with Crippen LogP contribution in [0.5, 0.6) is 11.8 Å². The van der Waals surface area contributed by atoms with E-state index in [1.54, 1.807) is 21.2 Å². The number of nitrogen functional groups attached to an aromatic ring is 2. The van der Waals surface area contributed by atoms with Crippen molar-refractivity contribution in [2.45, 2.75) is 75.8 Å². The number of nitrogens with one attached hydrogen (secondary N) is 2. The summed E-state index contributed by atoms with van der Waals surface area (Å²) in [6.45, 7) is 2.95. The second-order valence-corrected chi connectivity index (χ2v) is 18.4. The molecule has 2 saturated carbocycles. The summed E-state index contributed by atoms with van der Waals surface area (Å²) in [6, 6.07) is 4.74. The van der Waals surface area contributed by atoms with Gasteiger partial charge >= 0.3 is 0 Å². The summed E-state index contributed by atoms with van der Waals surface area (Å²) in [5.74, 6) is -9.01. The normalized spacial score (nSPS) is 21.4. The summed E-state index contributed by atoms with van der Waals surface area (Å²) in [5, 5.41) is 13.7. The number of anilines is 2. The lowest BCUT2D eigenvalue weighted by molar-refractivity contribution is -0.159. The van der Waals surface area contributed by atoms with Gasteiger partial charge in [-0.15, -0.1) is 0 Å². The Labute approximate surface area is 405 Å². The number of aryl methyl sites for hydroxylation is 2. The number of carbonyl (C=O) groups excluding carboxylic acids is 4. The molecule has 8 heterocycles. The summed E-state index contributed by atoms with van der Waals surface area (Å²) in [6.07, 6.45) is 0.439. The molecule has 2 saturated heterocycles. The summed E-state index contributed by atoms with van der Waals surface area (Å²) in [7, 11) is 2.71. The molecule has 72 heavy (non-hydrogen) atoms. The van der Waals surface area contributed by atoms with Crippen LogP contribution in [0.1, 0.15) is 57.5 Å². The zero-order chi connectivity index (χ0) is 51.6. The molecule has 0 bridgehead atoms. The van der Waals surface area contributed by atoms with E-state index >= 15 is 0 Å². The van der Waals surface area contributed by atoms with E-state index in [-0.39, 0.29) is 49.1 Å². The van der Waals surface area contributed by atoms with E-state index in [2.05, 4.69) is 40.8 Å². The number of hydrogen-bond donors (Lipinski definition) is 4. The van der Waals surface area contributed by atoms with E-state index in [1.165, 1.54) is 49.1 Å². The van der Waals surface area contributed by atoms with Crippen molar-refractivity contribution in [1.82, 2.24) is 59.6 Å². The number of nitrogens with zero attached hydrogens (tertiary/aromatic N) is 10. The van der Waals surface area contributed by atoms with E-state index in [4.69, 9.17) is 20.9 Å². The second kappa shape index (κ2) is 18.7. The number of methoxy groups -OCH3 is 2. The molecule has 2 unspecified atom stereocenters. The van der Waals surface area contributed by atoms with Gasteiger partial charge in [0.25, 0.3) is 11.8 Å². The lowest BCUT2D eigenvalue weighted by atomic mass is 9.80. The molecule has 4 atom stereocenters. The number of halogens is 6. The predicted octanol–water partition coefficient (Wildman–Crippen LogP) is 4.03. The van der Waals surface area contributed by atoms with Crippen LogP contribution in [0.3, 0.4) is 0 Å². The van der Waals surface area contributed by atoms with Crippen LogP contribution < -0.4 is 31.6 Å². The van der Waals surface area contributed by atoms with E-state index < -0.39 is 97.4 Å². The molecule has 4 fully saturated rings. The van der Waals surface area contributed by atoms with Gasteiger partial charge in [-0.3, -0.25) is 19.2 Å². The molecule has 6 aromatic rings. The average molecular weight is 1010 g/mol. The van der Waals surface area contributed by atoms with Crippen molar-refractivity contribution in [1.29, 1.82) is 0 Å². The van der Waals surface area contributed by atoms with E-state index in [0.717, 1.165) is 11.1 Å². The number of nitrogens with two attached hydrogens (primary N) is 2. The smallest absolute Gasteiger partial charge is 0.257 e. The first kappa shape index (κ1) is 49.2. The number of amides is 4. The largest absolute Gasteiger partial charge is 0.480 e. The standard InChI is InChI=1S/2C23H24F3N7O3/c2*1-11-3-17(33-18(11)19(27)29-10-30-33)12-4-14(21(36-2)28-7-12)20(34)31-16-9-32(8-15(16)24)22(35)13-5-23(25,26)6-13/h2*3-4,7,10,13,15-16H,5-6,8-9H2,1-2H3,(H,31,34)(H2,27,29,30)/t2*15-,16?/m10/s1. The maximum Gasteiger partial charge on any atom is 0.257 e. The number of rotatable bonds is 10. The third kappa shape index (κ3) is 9.31. The van der Waals surface area contributed by atoms with Crippen molar-refractivity contribution < 1.29 is 55.0 Å². The van der Waals surface area contributed by atoms with Crippen molar-refractivity contribution >= 4 is 46.3 Å². The van der Waals surface area contributed by atoms with Gasteiger partial charge in [-0.1, -0.05) is 0 Å². The van der Waals surface area contributed by atoms with Crippen molar-refractivity contribution in [3.63, 3.8) is 0 Å². The number of aromatic nitrogens is 8. The zero-order valence-corrected chi connectivity index (χ0v) is 39.1. The Morgan fingerprint density at radius 2 is 0.986 bits per heavy atom. The minimum Gasteiger partial charge on any atom is -0.480 e. The average Bonchev–Trinajstić information content (AvgIpc) is 4.09. The van der Waals surface area contributed by atoms with Crippen LogP contribution in [0.2, 0.25) is 0 Å². The van der Waals surface area contributed by atoms with Crippen LogP contribution in [-0.4, -0.2) is 149 Å². The first-order chi connectivity index (χ1) is 34.1. The van der Waals surface area contributed by atoms with Crippen LogP contribution in [0.15, 0.2) is 49.3 Å². The Balaban J connectivity index is 0.000000178. The maximum absolute atomic E-state index is 14.7. The molecule has 380 valence electrons. The van der Waals surface area contributed by atoms with E-state index in [1.807, 2.05) is 26.0 Å². The molecule has 0 spiro atoms. The van der Waals surface area contributed by atoms with Gasteiger partial charge in [0, 0.05) is 74.1 Å². The topological polar surface area (TPSA) is 255 Å². The van der Waals surface area contributed by atoms with Crippen molar-refractivity contribution in [2.75, 3.05) is 51.9 Å². The molecule has 0 aromatic carbocycles. The Hall–Kier alpha value is -7.80. The minimum atomic E-state index is -2.85. The lowest BCUT2D eigenvalue weighted by Gasteiger charge is -2.36. The van der Waals surface area contributed by atoms with Crippen LogP contribution in [0, 0.1) is 25.7 Å². The molecule has 10 rings (SSSR count). The summed E-state index contributed by atoms with van der Waals surface area (Å²) >= 11 is 0. The fourth-order valence-electron chi connectivity index (χ4n) is 9.59. The molecular formula is C46H48F6N14O6. The third-order valence-electron chi connectivity index (χ3n) is 13.3. The van der Waals surface area contributed by atoms with Gasteiger partial charge in [0.1, 0.15) is 47.2 Å². The summed E-state index contributed by atoms with van der Waals surface area (Å²) in [5.41, 5.74) is 17.3. The molecule has 6 aromatic heterocycles. The highest BCUT2D eigenvalue weighted by Crippen LogP contribution is 2.45. The summed E-state index contributed by atoms with van der Waals surface area (Å²) in [4.78, 5) is 70.1. The van der Waals surface area contributed by atoms with Gasteiger partial charge in [-0.05, 0) is 49.2 Å². The highest BCUT2D eigenvalue weighted by molar-refractivity contribution is 5.99. The van der Waals surface area contributed by atoms with Crippen molar-refractivity contribution in [3.05, 3.63) is 71.6 Å². The number of ether oxygens (including phenoxy) is 2. The highest BCUT2D eigenvalue weighted by Gasteiger charge is 2.52. The number of carbonyl (C=O) groups is 4. The maximum atomic E-state index is 14.7. The molecule has 20 nitrogen and oxygen atoms in total. The number of alkyl halides is 6. The number of fused-ring (bicyclic) bond motifs is 2. The predicted molar refractivity (Wildman–Crippen MR) is 245 cm³/mol. The van der Waals surface area contributed by atoms with Gasteiger partial charge < -0.3 is 41.4 Å². The van der Waals surface area contributed by atoms with Crippen molar-refractivity contribution in [2.24, 2.45) is 11.8 Å². The number of likely N-dealkylation sites (tertiary alicyclic amines) is 2. The second-order valence-electron chi connectivity index (χ2n) is 18.4. The number of pyridine rings is 2. The monoisotopic (exact) mass is 1010 g/mol. The van der Waals surface area contributed by atoms with Gasteiger partial charge in [0.15, 0.2) is 11.6 Å². The summed E-state index contributed by atoms with van der Waals surface area (Å²) < 4.78 is 95.7. The van der Waals surface area contributed by atoms with Gasteiger partial charge in [-0.2, -0.15) is 10.2 Å². The van der Waals surface area contributed by atoms with Gasteiger partial charge in [-0.25, -0.2) is 55.3 Å². The first-order valence-corrected chi connectivity index (χ1v) is 22.6. The van der Waals surface area contributed by atoms with Gasteiger partial charge in [0.05, 0.1) is 50.8 Å². The number of hydrogen-bond acceptors (Lipinski definition) is 14. The molecular weight excluding hydrogens is 959 g/mol. The van der Waals surface area contributed by atoms with Crippen LogP contribution in [-0.2, 0) is 9.59 Å². The zero-order valence-electron chi connectivity index (χ0n) is 39.1. The quantitative estimate of drug-likeness (QED) is 0.142.